The highest BCUT2D eigenvalue weighted by Crippen LogP contribution is 2.37. The number of alkyl halides is 3. The molecule has 0 N–H and O–H groups in total. The third-order valence-electron chi connectivity index (χ3n) is 3.30. The topological polar surface area (TPSA) is 9.23 Å². The molecule has 4 heteroatoms. The summed E-state index contributed by atoms with van der Waals surface area (Å²) in [5.41, 5.74) is -0.115. The molecule has 0 aliphatic heterocycles. The summed E-state index contributed by atoms with van der Waals surface area (Å²) in [4.78, 5) is 0. The summed E-state index contributed by atoms with van der Waals surface area (Å²) < 4.78 is 43.6. The molecule has 0 fully saturated rings. The maximum atomic E-state index is 12.8. The second-order valence-electron chi connectivity index (χ2n) is 4.71. The first-order chi connectivity index (χ1) is 9.31. The lowest BCUT2D eigenvalue weighted by molar-refractivity contribution is -0.137. The van der Waals surface area contributed by atoms with Crippen molar-refractivity contribution >= 4 is 0 Å². The van der Waals surface area contributed by atoms with E-state index in [2.05, 4.69) is 11.8 Å². The van der Waals surface area contributed by atoms with E-state index in [0.717, 1.165) is 18.6 Å². The zero-order chi connectivity index (χ0) is 15.3. The summed E-state index contributed by atoms with van der Waals surface area (Å²) in [6.07, 6.45) is -3.62. The van der Waals surface area contributed by atoms with Crippen molar-refractivity contribution in [1.29, 1.82) is 0 Å². The highest BCUT2D eigenvalue weighted by Gasteiger charge is 2.32. The predicted molar refractivity (Wildman–Crippen MR) is 73.6 cm³/mol. The Hall–Kier alpha value is -1.63. The first kappa shape index (κ1) is 16.4. The fourth-order valence-corrected chi connectivity index (χ4v) is 1.92. The van der Waals surface area contributed by atoms with E-state index in [-0.39, 0.29) is 11.8 Å². The Kier molecular flexibility index (Phi) is 5.50. The van der Waals surface area contributed by atoms with Crippen LogP contribution in [0.3, 0.4) is 0 Å². The predicted octanol–water partition coefficient (Wildman–Crippen LogP) is 4.87. The zero-order valence-corrected chi connectivity index (χ0v) is 12.1. The highest BCUT2D eigenvalue weighted by molar-refractivity contribution is 5.41. The van der Waals surface area contributed by atoms with Crippen LogP contribution in [0.5, 0.6) is 5.75 Å². The van der Waals surface area contributed by atoms with Crippen LogP contribution in [-0.4, -0.2) is 7.11 Å². The number of methoxy groups -OCH3 is 1. The summed E-state index contributed by atoms with van der Waals surface area (Å²) in [6, 6.07) is 3.57. The summed E-state index contributed by atoms with van der Waals surface area (Å²) in [7, 11) is 1.46. The molecule has 0 saturated carbocycles. The lowest BCUT2D eigenvalue weighted by Crippen LogP contribution is -2.10. The van der Waals surface area contributed by atoms with Crippen LogP contribution in [0.1, 0.15) is 44.2 Å². The first-order valence-electron chi connectivity index (χ1n) is 6.54. The van der Waals surface area contributed by atoms with Crippen LogP contribution in [0, 0.1) is 17.8 Å². The van der Waals surface area contributed by atoms with Gasteiger partial charge in [0.15, 0.2) is 0 Å². The molecule has 0 aliphatic carbocycles. The van der Waals surface area contributed by atoms with Crippen LogP contribution in [0.2, 0.25) is 0 Å². The third-order valence-corrected chi connectivity index (χ3v) is 3.30. The maximum absolute atomic E-state index is 12.8. The molecule has 0 radical (unpaired) electrons. The number of benzene rings is 1. The largest absolute Gasteiger partial charge is 0.496 e. The van der Waals surface area contributed by atoms with Crippen molar-refractivity contribution in [3.05, 3.63) is 29.3 Å². The number of rotatable bonds is 3. The van der Waals surface area contributed by atoms with Crippen molar-refractivity contribution in [1.82, 2.24) is 0 Å². The van der Waals surface area contributed by atoms with Gasteiger partial charge in [0.05, 0.1) is 12.7 Å². The Morgan fingerprint density at radius 1 is 1.25 bits per heavy atom. The molecule has 1 aromatic carbocycles. The van der Waals surface area contributed by atoms with Gasteiger partial charge in [-0.2, -0.15) is 13.2 Å². The molecular formula is C16H19F3O. The fourth-order valence-electron chi connectivity index (χ4n) is 1.92. The zero-order valence-electron chi connectivity index (χ0n) is 12.1. The Morgan fingerprint density at radius 3 is 2.40 bits per heavy atom. The summed E-state index contributed by atoms with van der Waals surface area (Å²) >= 11 is 0. The molecule has 0 aliphatic rings. The molecule has 0 saturated heterocycles. The van der Waals surface area contributed by atoms with E-state index < -0.39 is 11.7 Å². The molecule has 0 amide bonds. The van der Waals surface area contributed by atoms with Gasteiger partial charge in [-0.05, 0) is 29.7 Å². The van der Waals surface area contributed by atoms with E-state index in [1.165, 1.54) is 13.2 Å². The second kappa shape index (κ2) is 6.69. The average Bonchev–Trinajstić information content (AvgIpc) is 2.42. The van der Waals surface area contributed by atoms with E-state index in [9.17, 15) is 13.2 Å². The van der Waals surface area contributed by atoms with Gasteiger partial charge in [0.1, 0.15) is 5.75 Å². The van der Waals surface area contributed by atoms with E-state index >= 15 is 0 Å². The normalized spacial score (nSPS) is 14.2. The molecule has 0 bridgehead atoms. The number of hydrogen-bond acceptors (Lipinski definition) is 1. The second-order valence-corrected chi connectivity index (χ2v) is 4.71. The minimum absolute atomic E-state index is 0.0349. The van der Waals surface area contributed by atoms with Gasteiger partial charge in [0, 0.05) is 12.3 Å². The van der Waals surface area contributed by atoms with Gasteiger partial charge in [-0.25, -0.2) is 0 Å². The van der Waals surface area contributed by atoms with E-state index in [1.807, 2.05) is 20.8 Å². The van der Waals surface area contributed by atoms with Gasteiger partial charge >= 0.3 is 6.18 Å². The van der Waals surface area contributed by atoms with Crippen LogP contribution in [-0.2, 0) is 6.18 Å². The monoisotopic (exact) mass is 284 g/mol. The SMILES string of the molecule is CCC#CC(C)C(C)c1cc(C(F)(F)F)ccc1OC. The number of halogens is 3. The van der Waals surface area contributed by atoms with Gasteiger partial charge in [-0.3, -0.25) is 0 Å². The minimum atomic E-state index is -4.35. The van der Waals surface area contributed by atoms with Gasteiger partial charge < -0.3 is 4.74 Å². The van der Waals surface area contributed by atoms with E-state index in [0.29, 0.717) is 11.3 Å². The van der Waals surface area contributed by atoms with Crippen LogP contribution >= 0.6 is 0 Å². The smallest absolute Gasteiger partial charge is 0.416 e. The Labute approximate surface area is 118 Å². The van der Waals surface area contributed by atoms with Crippen molar-refractivity contribution in [2.45, 2.75) is 39.3 Å². The van der Waals surface area contributed by atoms with Crippen molar-refractivity contribution in [2.75, 3.05) is 7.11 Å². The van der Waals surface area contributed by atoms with E-state index in [4.69, 9.17) is 4.74 Å². The van der Waals surface area contributed by atoms with Crippen molar-refractivity contribution in [3.8, 4) is 17.6 Å². The Morgan fingerprint density at radius 2 is 1.90 bits per heavy atom. The van der Waals surface area contributed by atoms with Gasteiger partial charge in [0.2, 0.25) is 0 Å². The molecule has 1 rings (SSSR count). The minimum Gasteiger partial charge on any atom is -0.496 e. The third kappa shape index (κ3) is 3.93. The first-order valence-corrected chi connectivity index (χ1v) is 6.54. The molecule has 20 heavy (non-hydrogen) atoms. The van der Waals surface area contributed by atoms with Crippen LogP contribution in [0.4, 0.5) is 13.2 Å². The maximum Gasteiger partial charge on any atom is 0.416 e. The van der Waals surface area contributed by atoms with Gasteiger partial charge in [-0.15, -0.1) is 5.92 Å². The molecule has 110 valence electrons. The summed E-state index contributed by atoms with van der Waals surface area (Å²) in [5, 5.41) is 0. The standard InChI is InChI=1S/C16H19F3O/c1-5-6-7-11(2)12(3)14-10-13(16(17,18)19)8-9-15(14)20-4/h8-12H,5H2,1-4H3. The van der Waals surface area contributed by atoms with Crippen molar-refractivity contribution in [3.63, 3.8) is 0 Å². The molecule has 1 aromatic rings. The summed E-state index contributed by atoms with van der Waals surface area (Å²) in [5.74, 6) is 6.32. The van der Waals surface area contributed by atoms with Gasteiger partial charge in [-0.1, -0.05) is 26.7 Å². The molecule has 0 aromatic heterocycles. The van der Waals surface area contributed by atoms with Crippen LogP contribution in [0.25, 0.3) is 0 Å². The Balaban J connectivity index is 3.20. The van der Waals surface area contributed by atoms with Crippen LogP contribution in [0.15, 0.2) is 18.2 Å². The molecule has 2 unspecified atom stereocenters. The molecule has 2 atom stereocenters. The van der Waals surface area contributed by atoms with Crippen molar-refractivity contribution in [2.24, 2.45) is 5.92 Å². The molecule has 0 spiro atoms. The fraction of sp³-hybridized carbons (Fsp3) is 0.500. The number of ether oxygens (including phenoxy) is 1. The van der Waals surface area contributed by atoms with Crippen LogP contribution < -0.4 is 4.74 Å². The Bertz CT molecular complexity index is 509. The molecular weight excluding hydrogens is 265 g/mol. The summed E-state index contributed by atoms with van der Waals surface area (Å²) in [6.45, 7) is 5.72. The van der Waals surface area contributed by atoms with Crippen molar-refractivity contribution < 1.29 is 17.9 Å². The molecule has 0 heterocycles. The number of hydrogen-bond donors (Lipinski definition) is 0. The quantitative estimate of drug-likeness (QED) is 0.720. The molecule has 1 nitrogen and oxygen atoms in total. The average molecular weight is 284 g/mol. The highest BCUT2D eigenvalue weighted by atomic mass is 19.4. The lowest BCUT2D eigenvalue weighted by atomic mass is 9.87. The van der Waals surface area contributed by atoms with E-state index in [1.54, 1.807) is 0 Å². The lowest BCUT2D eigenvalue weighted by Gasteiger charge is -2.20. The van der Waals surface area contributed by atoms with Gasteiger partial charge in [0.25, 0.3) is 0 Å².